The predicted molar refractivity (Wildman–Crippen MR) is 68.7 cm³/mol. The Labute approximate surface area is 111 Å². The van der Waals surface area contributed by atoms with Gasteiger partial charge >= 0.3 is 0 Å². The quantitative estimate of drug-likeness (QED) is 0.738. The Morgan fingerprint density at radius 2 is 1.89 bits per heavy atom. The van der Waals surface area contributed by atoms with Crippen LogP contribution < -0.4 is 10.6 Å². The molecule has 0 radical (unpaired) electrons. The number of rotatable bonds is 7. The van der Waals surface area contributed by atoms with Crippen molar-refractivity contribution in [2.75, 3.05) is 19.6 Å². The van der Waals surface area contributed by atoms with Gasteiger partial charge in [-0.3, -0.25) is 4.79 Å². The first kappa shape index (κ1) is 13.9. The largest absolute Gasteiger partial charge is 0.355 e. The van der Waals surface area contributed by atoms with Gasteiger partial charge in [0.1, 0.15) is 11.6 Å². The second-order valence-electron chi connectivity index (χ2n) is 4.95. The van der Waals surface area contributed by atoms with E-state index in [-0.39, 0.29) is 12.5 Å². The summed E-state index contributed by atoms with van der Waals surface area (Å²) >= 11 is 0. The Hall–Kier alpha value is -1.49. The molecule has 1 aliphatic carbocycles. The van der Waals surface area contributed by atoms with Gasteiger partial charge in [0.05, 0.1) is 6.54 Å². The lowest BCUT2D eigenvalue weighted by Crippen LogP contribution is -2.35. The number of hydrogen-bond donors (Lipinski definition) is 2. The van der Waals surface area contributed by atoms with Gasteiger partial charge in [0, 0.05) is 12.6 Å². The molecule has 1 saturated carbocycles. The van der Waals surface area contributed by atoms with Crippen LogP contribution in [0.1, 0.15) is 18.4 Å². The van der Waals surface area contributed by atoms with Crippen molar-refractivity contribution in [1.29, 1.82) is 0 Å². The van der Waals surface area contributed by atoms with Crippen molar-refractivity contribution in [3.05, 3.63) is 35.4 Å². The van der Waals surface area contributed by atoms with Crippen molar-refractivity contribution in [3.8, 4) is 0 Å². The number of carbonyl (C=O) groups excluding carboxylic acids is 1. The molecule has 0 aliphatic heterocycles. The summed E-state index contributed by atoms with van der Waals surface area (Å²) in [7, 11) is 0. The van der Waals surface area contributed by atoms with Gasteiger partial charge in [0.15, 0.2) is 0 Å². The SMILES string of the molecule is O=C(CNCCc1cc(F)cc(F)c1)NCC1CC1. The van der Waals surface area contributed by atoms with Crippen LogP contribution in [0.15, 0.2) is 18.2 Å². The molecule has 1 aliphatic rings. The Morgan fingerprint density at radius 1 is 1.21 bits per heavy atom. The van der Waals surface area contributed by atoms with Crippen LogP contribution in [-0.2, 0) is 11.2 Å². The van der Waals surface area contributed by atoms with Crippen molar-refractivity contribution < 1.29 is 13.6 Å². The number of amides is 1. The minimum Gasteiger partial charge on any atom is -0.355 e. The van der Waals surface area contributed by atoms with Crippen molar-refractivity contribution in [2.45, 2.75) is 19.3 Å². The number of hydrogen-bond acceptors (Lipinski definition) is 2. The maximum absolute atomic E-state index is 12.9. The van der Waals surface area contributed by atoms with Gasteiger partial charge < -0.3 is 10.6 Å². The van der Waals surface area contributed by atoms with Crippen LogP contribution in [0.25, 0.3) is 0 Å². The van der Waals surface area contributed by atoms with E-state index >= 15 is 0 Å². The summed E-state index contributed by atoms with van der Waals surface area (Å²) in [6, 6.07) is 3.46. The van der Waals surface area contributed by atoms with E-state index in [1.54, 1.807) is 0 Å². The van der Waals surface area contributed by atoms with Crippen molar-refractivity contribution in [2.24, 2.45) is 5.92 Å². The number of halogens is 2. The number of carbonyl (C=O) groups is 1. The smallest absolute Gasteiger partial charge is 0.233 e. The zero-order valence-corrected chi connectivity index (χ0v) is 10.7. The predicted octanol–water partition coefficient (Wildman–Crippen LogP) is 1.62. The maximum atomic E-state index is 12.9. The zero-order valence-electron chi connectivity index (χ0n) is 10.7. The molecule has 0 saturated heterocycles. The Balaban J connectivity index is 1.61. The molecule has 0 unspecified atom stereocenters. The van der Waals surface area contributed by atoms with Gasteiger partial charge in [-0.2, -0.15) is 0 Å². The van der Waals surface area contributed by atoms with Crippen LogP contribution >= 0.6 is 0 Å². The second kappa shape index (κ2) is 6.61. The summed E-state index contributed by atoms with van der Waals surface area (Å²) in [6.07, 6.45) is 2.91. The molecular formula is C14H18F2N2O. The first-order chi connectivity index (χ1) is 9.13. The normalized spacial score (nSPS) is 14.4. The molecule has 19 heavy (non-hydrogen) atoms. The topological polar surface area (TPSA) is 41.1 Å². The third kappa shape index (κ3) is 5.34. The average molecular weight is 268 g/mol. The molecule has 0 aromatic heterocycles. The van der Waals surface area contributed by atoms with Gasteiger partial charge in [-0.15, -0.1) is 0 Å². The van der Waals surface area contributed by atoms with Gasteiger partial charge in [-0.05, 0) is 49.4 Å². The molecule has 104 valence electrons. The lowest BCUT2D eigenvalue weighted by Gasteiger charge is -2.06. The molecule has 5 heteroatoms. The molecule has 0 atom stereocenters. The van der Waals surface area contributed by atoms with E-state index in [4.69, 9.17) is 0 Å². The highest BCUT2D eigenvalue weighted by molar-refractivity contribution is 5.77. The Kier molecular flexibility index (Phi) is 4.85. The third-order valence-electron chi connectivity index (χ3n) is 3.08. The average Bonchev–Trinajstić information content (AvgIpc) is 3.15. The Morgan fingerprint density at radius 3 is 2.53 bits per heavy atom. The summed E-state index contributed by atoms with van der Waals surface area (Å²) in [5, 5.41) is 5.80. The van der Waals surface area contributed by atoms with Crippen LogP contribution in [0.5, 0.6) is 0 Å². The number of benzene rings is 1. The van der Waals surface area contributed by atoms with Crippen LogP contribution in [0.2, 0.25) is 0 Å². The summed E-state index contributed by atoms with van der Waals surface area (Å²) in [5.74, 6) is -0.508. The van der Waals surface area contributed by atoms with Crippen molar-refractivity contribution in [3.63, 3.8) is 0 Å². The molecule has 0 heterocycles. The van der Waals surface area contributed by atoms with Crippen LogP contribution in [0.3, 0.4) is 0 Å². The molecule has 1 aromatic rings. The van der Waals surface area contributed by atoms with Gasteiger partial charge in [-0.1, -0.05) is 0 Å². The monoisotopic (exact) mass is 268 g/mol. The van der Waals surface area contributed by atoms with Gasteiger partial charge in [0.2, 0.25) is 5.91 Å². The van der Waals surface area contributed by atoms with E-state index in [9.17, 15) is 13.6 Å². The molecule has 0 bridgehead atoms. The van der Waals surface area contributed by atoms with Gasteiger partial charge in [-0.25, -0.2) is 8.78 Å². The summed E-state index contributed by atoms with van der Waals surface area (Å²) in [5.41, 5.74) is 0.586. The summed E-state index contributed by atoms with van der Waals surface area (Å²) in [6.45, 7) is 1.51. The van der Waals surface area contributed by atoms with Crippen molar-refractivity contribution >= 4 is 5.91 Å². The van der Waals surface area contributed by atoms with E-state index in [0.29, 0.717) is 24.4 Å². The zero-order chi connectivity index (χ0) is 13.7. The van der Waals surface area contributed by atoms with Gasteiger partial charge in [0.25, 0.3) is 0 Å². The molecule has 0 spiro atoms. The minimum absolute atomic E-state index is 0.0303. The van der Waals surface area contributed by atoms with Crippen molar-refractivity contribution in [1.82, 2.24) is 10.6 Å². The molecule has 2 rings (SSSR count). The molecule has 1 amide bonds. The molecule has 3 nitrogen and oxygen atoms in total. The van der Waals surface area contributed by atoms with Crippen LogP contribution in [0, 0.1) is 17.6 Å². The number of nitrogens with one attached hydrogen (secondary N) is 2. The fourth-order valence-electron chi connectivity index (χ4n) is 1.83. The Bertz CT molecular complexity index is 427. The standard InChI is InChI=1S/C14H18F2N2O/c15-12-5-11(6-13(16)7-12)3-4-17-9-14(19)18-8-10-1-2-10/h5-7,10,17H,1-4,8-9H2,(H,18,19). The van der Waals surface area contributed by atoms with E-state index in [1.807, 2.05) is 0 Å². The fraction of sp³-hybridized carbons (Fsp3) is 0.500. The minimum atomic E-state index is -0.572. The highest BCUT2D eigenvalue weighted by Crippen LogP contribution is 2.27. The summed E-state index contributed by atoms with van der Waals surface area (Å²) in [4.78, 5) is 11.4. The lowest BCUT2D eigenvalue weighted by molar-refractivity contribution is -0.120. The van der Waals surface area contributed by atoms with Crippen LogP contribution in [-0.4, -0.2) is 25.5 Å². The van der Waals surface area contributed by atoms with E-state index in [0.717, 1.165) is 12.6 Å². The molecule has 1 fully saturated rings. The first-order valence-corrected chi connectivity index (χ1v) is 6.56. The first-order valence-electron chi connectivity index (χ1n) is 6.56. The van der Waals surface area contributed by atoms with E-state index < -0.39 is 11.6 Å². The van der Waals surface area contributed by atoms with Crippen LogP contribution in [0.4, 0.5) is 8.78 Å². The maximum Gasteiger partial charge on any atom is 0.233 e. The third-order valence-corrected chi connectivity index (χ3v) is 3.08. The molecule has 2 N–H and O–H groups in total. The highest BCUT2D eigenvalue weighted by atomic mass is 19.1. The fourth-order valence-corrected chi connectivity index (χ4v) is 1.83. The lowest BCUT2D eigenvalue weighted by atomic mass is 10.1. The summed E-state index contributed by atoms with van der Waals surface area (Å²) < 4.78 is 25.8. The van der Waals surface area contributed by atoms with E-state index in [1.165, 1.54) is 25.0 Å². The molecule has 1 aromatic carbocycles. The molecular weight excluding hydrogens is 250 g/mol. The highest BCUT2D eigenvalue weighted by Gasteiger charge is 2.21. The van der Waals surface area contributed by atoms with E-state index in [2.05, 4.69) is 10.6 Å². The second-order valence-corrected chi connectivity index (χ2v) is 4.95.